The van der Waals surface area contributed by atoms with Crippen molar-refractivity contribution in [2.45, 2.75) is 62.7 Å². The minimum Gasteiger partial charge on any atom is -0.480 e. The van der Waals surface area contributed by atoms with Gasteiger partial charge in [0.15, 0.2) is 11.9 Å². The lowest BCUT2D eigenvalue weighted by Gasteiger charge is -2.25. The fourth-order valence-corrected chi connectivity index (χ4v) is 3.50. The Morgan fingerprint density at radius 2 is 1.32 bits per heavy atom. The molecule has 19 nitrogen and oxygen atoms in total. The summed E-state index contributed by atoms with van der Waals surface area (Å²) >= 11 is 0. The summed E-state index contributed by atoms with van der Waals surface area (Å²) in [6.07, 6.45) is 2.89. The molecule has 19 heteroatoms. The minimum atomic E-state index is -1.63. The molecule has 0 fully saturated rings. The molecule has 1 heterocycles. The number of imidazole rings is 1. The van der Waals surface area contributed by atoms with Crippen LogP contribution in [0.1, 0.15) is 37.8 Å². The number of guanidine groups is 2. The van der Waals surface area contributed by atoms with Gasteiger partial charge in [-0.05, 0) is 25.7 Å². The Kier molecular flexibility index (Phi) is 14.6. The first-order chi connectivity index (χ1) is 19.3. The molecular weight excluding hydrogens is 542 g/mol. The van der Waals surface area contributed by atoms with Gasteiger partial charge in [-0.3, -0.25) is 29.2 Å². The van der Waals surface area contributed by atoms with Gasteiger partial charge >= 0.3 is 5.97 Å². The Morgan fingerprint density at radius 3 is 1.73 bits per heavy atom. The number of aliphatic imine (C=N–C) groups is 2. The molecule has 0 radical (unpaired) electrons. The Hall–Kier alpha value is -4.94. The third-order valence-corrected chi connectivity index (χ3v) is 5.51. The molecule has 1 aromatic heterocycles. The smallest absolute Gasteiger partial charge is 0.326 e. The van der Waals surface area contributed by atoms with E-state index in [9.17, 15) is 29.1 Å². The quantitative estimate of drug-likeness (QED) is 0.0414. The van der Waals surface area contributed by atoms with Crippen molar-refractivity contribution in [1.29, 1.82) is 0 Å². The lowest BCUT2D eigenvalue weighted by atomic mass is 10.1. The molecule has 0 spiro atoms. The Morgan fingerprint density at radius 1 is 0.829 bits per heavy atom. The molecule has 4 unspecified atom stereocenters. The summed E-state index contributed by atoms with van der Waals surface area (Å²) in [6, 6.07) is -5.12. The van der Waals surface area contributed by atoms with E-state index in [2.05, 4.69) is 35.9 Å². The minimum absolute atomic E-state index is 0.0226. The first-order valence-corrected chi connectivity index (χ1v) is 12.6. The van der Waals surface area contributed by atoms with Gasteiger partial charge < -0.3 is 60.4 Å². The molecule has 0 aromatic carbocycles. The number of nitrogens with two attached hydrogens (primary N) is 6. The summed E-state index contributed by atoms with van der Waals surface area (Å²) in [4.78, 5) is 76.2. The number of aliphatic carboxylic acids is 1. The van der Waals surface area contributed by atoms with Gasteiger partial charge in [0.1, 0.15) is 18.1 Å². The molecule has 0 saturated carbocycles. The molecule has 1 aromatic rings. The second kappa shape index (κ2) is 17.6. The van der Waals surface area contributed by atoms with Crippen LogP contribution in [-0.4, -0.2) is 93.8 Å². The number of aromatic amines is 1. The van der Waals surface area contributed by atoms with Crippen molar-refractivity contribution in [2.24, 2.45) is 44.4 Å². The van der Waals surface area contributed by atoms with Crippen LogP contribution in [0.4, 0.5) is 0 Å². The van der Waals surface area contributed by atoms with Gasteiger partial charge in [-0.15, -0.1) is 0 Å². The van der Waals surface area contributed by atoms with Crippen LogP contribution in [0.2, 0.25) is 0 Å². The Balaban J connectivity index is 3.08. The number of carboxylic acids is 1. The lowest BCUT2D eigenvalue weighted by molar-refractivity contribution is -0.143. The molecule has 0 aliphatic heterocycles. The van der Waals surface area contributed by atoms with Crippen LogP contribution < -0.4 is 50.4 Å². The number of primary amides is 1. The molecular formula is C22H39N13O6. The topological polar surface area (TPSA) is 351 Å². The van der Waals surface area contributed by atoms with Gasteiger partial charge in [-0.25, -0.2) is 9.78 Å². The van der Waals surface area contributed by atoms with Crippen molar-refractivity contribution in [3.05, 3.63) is 18.2 Å². The van der Waals surface area contributed by atoms with Gasteiger partial charge in [0.25, 0.3) is 0 Å². The first kappa shape index (κ1) is 34.1. The second-order valence-electron chi connectivity index (χ2n) is 8.98. The summed E-state index contributed by atoms with van der Waals surface area (Å²) in [6.45, 7) is 0.255. The zero-order valence-electron chi connectivity index (χ0n) is 22.4. The van der Waals surface area contributed by atoms with Gasteiger partial charge in [0, 0.05) is 31.4 Å². The van der Waals surface area contributed by atoms with Crippen molar-refractivity contribution in [2.75, 3.05) is 13.1 Å². The van der Waals surface area contributed by atoms with E-state index < -0.39 is 60.2 Å². The van der Waals surface area contributed by atoms with E-state index >= 15 is 0 Å². The summed E-state index contributed by atoms with van der Waals surface area (Å²) in [7, 11) is 0. The normalized spacial score (nSPS) is 13.5. The number of rotatable bonds is 19. The van der Waals surface area contributed by atoms with Crippen LogP contribution in [0.25, 0.3) is 0 Å². The van der Waals surface area contributed by atoms with E-state index in [1.807, 2.05) is 0 Å². The molecule has 17 N–H and O–H groups in total. The number of hydrogen-bond acceptors (Lipinski definition) is 9. The molecule has 0 bridgehead atoms. The highest BCUT2D eigenvalue weighted by Crippen LogP contribution is 2.06. The molecule has 0 aliphatic rings. The van der Waals surface area contributed by atoms with Crippen molar-refractivity contribution in [3.63, 3.8) is 0 Å². The Bertz CT molecular complexity index is 1080. The van der Waals surface area contributed by atoms with Crippen LogP contribution in [0.5, 0.6) is 0 Å². The average molecular weight is 582 g/mol. The number of carbonyl (C=O) groups is 5. The van der Waals surface area contributed by atoms with Gasteiger partial charge in [0.2, 0.25) is 23.6 Å². The number of nitrogens with one attached hydrogen (secondary N) is 4. The largest absolute Gasteiger partial charge is 0.480 e. The van der Waals surface area contributed by atoms with E-state index in [4.69, 9.17) is 34.4 Å². The highest BCUT2D eigenvalue weighted by molar-refractivity contribution is 5.95. The molecule has 4 atom stereocenters. The van der Waals surface area contributed by atoms with Crippen LogP contribution >= 0.6 is 0 Å². The zero-order valence-corrected chi connectivity index (χ0v) is 22.4. The number of nitrogens with zero attached hydrogens (tertiary/aromatic N) is 3. The maximum absolute atomic E-state index is 13.3. The number of carbonyl (C=O) groups excluding carboxylic acids is 4. The van der Waals surface area contributed by atoms with Crippen LogP contribution in [0, 0.1) is 0 Å². The van der Waals surface area contributed by atoms with Crippen LogP contribution in [-0.2, 0) is 30.4 Å². The number of aromatic nitrogens is 2. The molecule has 228 valence electrons. The van der Waals surface area contributed by atoms with Gasteiger partial charge in [-0.1, -0.05) is 0 Å². The molecule has 41 heavy (non-hydrogen) atoms. The first-order valence-electron chi connectivity index (χ1n) is 12.6. The van der Waals surface area contributed by atoms with Gasteiger partial charge in [-0.2, -0.15) is 0 Å². The molecule has 1 rings (SSSR count). The summed E-state index contributed by atoms with van der Waals surface area (Å²) < 4.78 is 0. The maximum atomic E-state index is 13.3. The average Bonchev–Trinajstić information content (AvgIpc) is 3.39. The summed E-state index contributed by atoms with van der Waals surface area (Å²) in [5.41, 5.74) is 33.0. The fraction of sp³-hybridized carbons (Fsp3) is 0.545. The van der Waals surface area contributed by atoms with Crippen molar-refractivity contribution in [1.82, 2.24) is 25.9 Å². The number of H-pyrrole nitrogens is 1. The third kappa shape index (κ3) is 14.1. The number of carboxylic acid groups (broad SMARTS) is 1. The van der Waals surface area contributed by atoms with Crippen molar-refractivity contribution < 1.29 is 29.1 Å². The third-order valence-electron chi connectivity index (χ3n) is 5.51. The maximum Gasteiger partial charge on any atom is 0.326 e. The van der Waals surface area contributed by atoms with E-state index in [-0.39, 0.29) is 57.1 Å². The second-order valence-corrected chi connectivity index (χ2v) is 8.98. The van der Waals surface area contributed by atoms with Crippen molar-refractivity contribution in [3.8, 4) is 0 Å². The molecule has 4 amide bonds. The predicted octanol–water partition coefficient (Wildman–Crippen LogP) is -5.20. The highest BCUT2D eigenvalue weighted by atomic mass is 16.4. The van der Waals surface area contributed by atoms with E-state index in [0.29, 0.717) is 5.69 Å². The SMILES string of the molecule is NC(=O)CC(NC(=O)C(CCCN=C(N)N)NC(=O)C(CCCN=C(N)N)NC(=O)C(N)Cc1cnc[nH]1)C(=O)O. The zero-order chi connectivity index (χ0) is 30.9. The lowest BCUT2D eigenvalue weighted by Crippen LogP contribution is -2.57. The fourth-order valence-electron chi connectivity index (χ4n) is 3.50. The number of hydrogen-bond donors (Lipinski definition) is 11. The highest BCUT2D eigenvalue weighted by Gasteiger charge is 2.30. The van der Waals surface area contributed by atoms with E-state index in [1.165, 1.54) is 12.5 Å². The number of amides is 4. The summed E-state index contributed by atoms with van der Waals surface area (Å²) in [5, 5.41) is 16.6. The van der Waals surface area contributed by atoms with E-state index in [1.54, 1.807) is 0 Å². The Labute approximate surface area is 235 Å². The standard InChI is InChI=1S/C22H39N13O6/c23-12(7-11-9-29-10-32-11)17(37)33-13(3-1-5-30-21(25)26)18(38)34-14(4-2-6-31-22(27)28)19(39)35-15(20(40)41)8-16(24)36/h9-10,12-15H,1-8,23H2,(H2,24,36)(H,29,32)(H,33,37)(H,34,38)(H,35,39)(H,40,41)(H4,25,26,30)(H4,27,28,31). The summed E-state index contributed by atoms with van der Waals surface area (Å²) in [5.74, 6) is -5.11. The molecule has 0 aliphatic carbocycles. The van der Waals surface area contributed by atoms with Crippen LogP contribution in [0.15, 0.2) is 22.5 Å². The monoisotopic (exact) mass is 581 g/mol. The predicted molar refractivity (Wildman–Crippen MR) is 147 cm³/mol. The van der Waals surface area contributed by atoms with Crippen molar-refractivity contribution >= 4 is 41.5 Å². The van der Waals surface area contributed by atoms with E-state index in [0.717, 1.165) is 0 Å². The molecule has 0 saturated heterocycles. The van der Waals surface area contributed by atoms with Gasteiger partial charge in [0.05, 0.1) is 18.8 Å². The van der Waals surface area contributed by atoms with Crippen LogP contribution in [0.3, 0.4) is 0 Å².